The molecule has 18 heavy (non-hydrogen) atoms. The molecule has 0 aliphatic heterocycles. The van der Waals surface area contributed by atoms with E-state index in [1.165, 1.54) is 6.07 Å². The summed E-state index contributed by atoms with van der Waals surface area (Å²) in [5, 5.41) is 3.12. The Labute approximate surface area is 122 Å². The molecule has 2 rings (SSSR count). The number of nitrogens with two attached hydrogens (primary N) is 1. The Morgan fingerprint density at radius 1 is 1.11 bits per heavy atom. The summed E-state index contributed by atoms with van der Waals surface area (Å²) in [4.78, 5) is 0. The molecule has 0 bridgehead atoms. The Bertz CT molecular complexity index is 573. The molecular formula is C13H11Br2FN2. The van der Waals surface area contributed by atoms with Gasteiger partial charge in [-0.1, -0.05) is 34.1 Å². The van der Waals surface area contributed by atoms with E-state index in [1.807, 2.05) is 24.3 Å². The fourth-order valence-electron chi connectivity index (χ4n) is 1.55. The Morgan fingerprint density at radius 2 is 1.83 bits per heavy atom. The van der Waals surface area contributed by atoms with Gasteiger partial charge in [-0.3, -0.25) is 0 Å². The van der Waals surface area contributed by atoms with Crippen LogP contribution in [0.4, 0.5) is 15.8 Å². The van der Waals surface area contributed by atoms with Crippen LogP contribution >= 0.6 is 31.9 Å². The van der Waals surface area contributed by atoms with Crippen LogP contribution in [0.15, 0.2) is 45.3 Å². The van der Waals surface area contributed by atoms with Gasteiger partial charge in [0.05, 0.1) is 15.8 Å². The van der Waals surface area contributed by atoms with Gasteiger partial charge in [0.2, 0.25) is 0 Å². The van der Waals surface area contributed by atoms with Crippen LogP contribution in [-0.2, 0) is 6.54 Å². The molecule has 0 aliphatic carbocycles. The maximum Gasteiger partial charge on any atom is 0.139 e. The molecule has 94 valence electrons. The van der Waals surface area contributed by atoms with E-state index in [1.54, 1.807) is 6.07 Å². The summed E-state index contributed by atoms with van der Waals surface area (Å²) >= 11 is 6.56. The number of halogens is 3. The molecular weight excluding hydrogens is 363 g/mol. The average molecular weight is 374 g/mol. The van der Waals surface area contributed by atoms with Crippen molar-refractivity contribution in [3.8, 4) is 0 Å². The lowest BCUT2D eigenvalue weighted by Gasteiger charge is -2.11. The third kappa shape index (κ3) is 3.03. The first kappa shape index (κ1) is 13.4. The van der Waals surface area contributed by atoms with Crippen molar-refractivity contribution >= 4 is 43.2 Å². The van der Waals surface area contributed by atoms with Gasteiger partial charge >= 0.3 is 0 Å². The third-order valence-corrected chi connectivity index (χ3v) is 3.90. The second-order valence-corrected chi connectivity index (χ2v) is 5.51. The first-order valence-electron chi connectivity index (χ1n) is 5.29. The topological polar surface area (TPSA) is 38.0 Å². The smallest absolute Gasteiger partial charge is 0.139 e. The van der Waals surface area contributed by atoms with Gasteiger partial charge < -0.3 is 11.1 Å². The van der Waals surface area contributed by atoms with E-state index in [4.69, 9.17) is 5.73 Å². The van der Waals surface area contributed by atoms with Crippen LogP contribution in [0.3, 0.4) is 0 Å². The van der Waals surface area contributed by atoms with Gasteiger partial charge in [-0.05, 0) is 33.6 Å². The molecule has 0 aromatic heterocycles. The number of nitrogen functional groups attached to an aromatic ring is 1. The summed E-state index contributed by atoms with van der Waals surface area (Å²) in [5.74, 6) is -0.334. The molecule has 5 heteroatoms. The van der Waals surface area contributed by atoms with Gasteiger partial charge in [-0.15, -0.1) is 0 Å². The lowest BCUT2D eigenvalue weighted by atomic mass is 10.2. The first-order valence-corrected chi connectivity index (χ1v) is 6.88. The maximum absolute atomic E-state index is 13.4. The molecule has 0 atom stereocenters. The van der Waals surface area contributed by atoms with Crippen molar-refractivity contribution in [2.75, 3.05) is 11.1 Å². The molecule has 2 aromatic rings. The molecule has 0 saturated heterocycles. The number of hydrogen-bond donors (Lipinski definition) is 2. The molecule has 0 saturated carbocycles. The summed E-state index contributed by atoms with van der Waals surface area (Å²) in [6.45, 7) is 0.576. The molecule has 0 amide bonds. The zero-order valence-electron chi connectivity index (χ0n) is 9.38. The Balaban J connectivity index is 2.16. The van der Waals surface area contributed by atoms with Crippen molar-refractivity contribution in [3.63, 3.8) is 0 Å². The molecule has 0 fully saturated rings. The van der Waals surface area contributed by atoms with Crippen LogP contribution in [0.1, 0.15) is 5.56 Å². The normalized spacial score (nSPS) is 10.4. The standard InChI is InChI=1S/C13H11Br2FN2/c14-9-4-2-1-3-8(9)7-18-13-6-11(16)10(15)5-12(13)17/h1-6,18H,7,17H2. The molecule has 0 spiro atoms. The zero-order chi connectivity index (χ0) is 13.1. The molecule has 0 unspecified atom stereocenters. The largest absolute Gasteiger partial charge is 0.397 e. The van der Waals surface area contributed by atoms with E-state index in [9.17, 15) is 4.39 Å². The van der Waals surface area contributed by atoms with Crippen LogP contribution in [0.5, 0.6) is 0 Å². The number of hydrogen-bond acceptors (Lipinski definition) is 2. The minimum atomic E-state index is -0.334. The van der Waals surface area contributed by atoms with Crippen LogP contribution < -0.4 is 11.1 Å². The lowest BCUT2D eigenvalue weighted by molar-refractivity contribution is 0.622. The van der Waals surface area contributed by atoms with Crippen molar-refractivity contribution in [3.05, 3.63) is 56.7 Å². The number of rotatable bonds is 3. The Morgan fingerprint density at radius 3 is 2.56 bits per heavy atom. The highest BCUT2D eigenvalue weighted by molar-refractivity contribution is 9.10. The highest BCUT2D eigenvalue weighted by Crippen LogP contribution is 2.27. The third-order valence-electron chi connectivity index (χ3n) is 2.52. The summed E-state index contributed by atoms with van der Waals surface area (Å²) in [6.07, 6.45) is 0. The van der Waals surface area contributed by atoms with E-state index >= 15 is 0 Å². The zero-order valence-corrected chi connectivity index (χ0v) is 12.6. The number of nitrogens with one attached hydrogen (secondary N) is 1. The van der Waals surface area contributed by atoms with Crippen LogP contribution in [-0.4, -0.2) is 0 Å². The SMILES string of the molecule is Nc1cc(Br)c(F)cc1NCc1ccccc1Br. The van der Waals surface area contributed by atoms with E-state index < -0.39 is 0 Å². The Kier molecular flexibility index (Phi) is 4.24. The van der Waals surface area contributed by atoms with Crippen molar-refractivity contribution in [2.45, 2.75) is 6.54 Å². The average Bonchev–Trinajstić information content (AvgIpc) is 2.34. The highest BCUT2D eigenvalue weighted by atomic mass is 79.9. The van der Waals surface area contributed by atoms with E-state index in [0.29, 0.717) is 22.4 Å². The van der Waals surface area contributed by atoms with Crippen molar-refractivity contribution < 1.29 is 4.39 Å². The van der Waals surface area contributed by atoms with Gasteiger partial charge in [-0.2, -0.15) is 0 Å². The predicted molar refractivity (Wildman–Crippen MR) is 80.0 cm³/mol. The summed E-state index contributed by atoms with van der Waals surface area (Å²) in [7, 11) is 0. The summed E-state index contributed by atoms with van der Waals surface area (Å²) in [6, 6.07) is 10.8. The molecule has 2 nitrogen and oxygen atoms in total. The fraction of sp³-hybridized carbons (Fsp3) is 0.0769. The maximum atomic E-state index is 13.4. The van der Waals surface area contributed by atoms with Gasteiger partial charge in [0.25, 0.3) is 0 Å². The number of anilines is 2. The predicted octanol–water partition coefficient (Wildman–Crippen LogP) is 4.55. The summed E-state index contributed by atoms with van der Waals surface area (Å²) in [5.41, 5.74) is 8.00. The van der Waals surface area contributed by atoms with Gasteiger partial charge in [0.15, 0.2) is 0 Å². The molecule has 2 aromatic carbocycles. The Hall–Kier alpha value is -1.07. The van der Waals surface area contributed by atoms with E-state index in [0.717, 1.165) is 10.0 Å². The molecule has 3 N–H and O–H groups in total. The van der Waals surface area contributed by atoms with Crippen LogP contribution in [0, 0.1) is 5.82 Å². The lowest BCUT2D eigenvalue weighted by Crippen LogP contribution is -2.03. The minimum absolute atomic E-state index is 0.334. The van der Waals surface area contributed by atoms with E-state index in [2.05, 4.69) is 37.2 Å². The van der Waals surface area contributed by atoms with E-state index in [-0.39, 0.29) is 5.82 Å². The summed E-state index contributed by atoms with van der Waals surface area (Å²) < 4.78 is 14.8. The van der Waals surface area contributed by atoms with Crippen LogP contribution in [0.25, 0.3) is 0 Å². The van der Waals surface area contributed by atoms with Gasteiger partial charge in [0.1, 0.15) is 5.82 Å². The second-order valence-electron chi connectivity index (χ2n) is 3.80. The minimum Gasteiger partial charge on any atom is -0.397 e. The second kappa shape index (κ2) is 5.71. The molecule has 0 aliphatic rings. The van der Waals surface area contributed by atoms with Crippen LogP contribution in [0.2, 0.25) is 0 Å². The molecule has 0 radical (unpaired) electrons. The van der Waals surface area contributed by atoms with Crippen molar-refractivity contribution in [1.29, 1.82) is 0 Å². The van der Waals surface area contributed by atoms with Gasteiger partial charge in [-0.25, -0.2) is 4.39 Å². The van der Waals surface area contributed by atoms with Crippen molar-refractivity contribution in [1.82, 2.24) is 0 Å². The van der Waals surface area contributed by atoms with Gasteiger partial charge in [0, 0.05) is 17.1 Å². The molecule has 0 heterocycles. The quantitative estimate of drug-likeness (QED) is 0.775. The fourth-order valence-corrected chi connectivity index (χ4v) is 2.33. The van der Waals surface area contributed by atoms with Crippen molar-refractivity contribution in [2.24, 2.45) is 0 Å². The first-order chi connectivity index (χ1) is 8.58. The number of benzene rings is 2. The monoisotopic (exact) mass is 372 g/mol. The highest BCUT2D eigenvalue weighted by Gasteiger charge is 2.06.